The number of hydrogen-bond donors (Lipinski definition) is 4. The Hall–Kier alpha value is -1.61. The van der Waals surface area contributed by atoms with Gasteiger partial charge in [0.05, 0.1) is 15.6 Å². The summed E-state index contributed by atoms with van der Waals surface area (Å²) in [6.45, 7) is 3.67. The van der Waals surface area contributed by atoms with Crippen molar-refractivity contribution in [3.8, 4) is 5.75 Å². The van der Waals surface area contributed by atoms with Gasteiger partial charge in [-0.2, -0.15) is 0 Å². The van der Waals surface area contributed by atoms with Crippen molar-refractivity contribution in [1.82, 2.24) is 4.72 Å². The smallest absolute Gasteiger partial charge is 0.253 e. The van der Waals surface area contributed by atoms with Gasteiger partial charge in [0, 0.05) is 23.1 Å². The second kappa shape index (κ2) is 9.80. The van der Waals surface area contributed by atoms with Crippen molar-refractivity contribution < 1.29 is 9.84 Å². The molecule has 4 radical (unpaired) electrons. The number of phenols is 1. The van der Waals surface area contributed by atoms with Crippen molar-refractivity contribution in [3.63, 3.8) is 0 Å². The molecule has 178 valence electrons. The van der Waals surface area contributed by atoms with Crippen LogP contribution in [0.2, 0.25) is 5.02 Å². The molecule has 2 aromatic carbocycles. The number of phenolic OH excluding ortho intramolecular Hbond substituents is 1. The lowest BCUT2D eigenvalue weighted by Crippen LogP contribution is -2.51. The van der Waals surface area contributed by atoms with Crippen LogP contribution in [0.4, 0.5) is 17.1 Å². The summed E-state index contributed by atoms with van der Waals surface area (Å²) < 4.78 is 9.23. The van der Waals surface area contributed by atoms with Crippen LogP contribution in [0.1, 0.15) is 58.8 Å². The minimum absolute atomic E-state index is 0.0675. The van der Waals surface area contributed by atoms with Gasteiger partial charge in [0.2, 0.25) is 0 Å². The normalized spacial score (nSPS) is 26.2. The van der Waals surface area contributed by atoms with Gasteiger partial charge in [-0.05, 0) is 63.1 Å². The molecule has 1 aliphatic heterocycles. The van der Waals surface area contributed by atoms with Crippen molar-refractivity contribution in [2.24, 2.45) is 0 Å². The zero-order valence-corrected chi connectivity index (χ0v) is 20.9. The molecule has 2 aromatic rings. The van der Waals surface area contributed by atoms with Crippen LogP contribution in [0, 0.1) is 0 Å². The number of aromatic hydroxyl groups is 1. The molecular formula is C23H28B2ClN3O4S. The number of rotatable bonds is 9. The number of ether oxygens (including phenoxy) is 1. The molecule has 0 aromatic heterocycles. The Morgan fingerprint density at radius 1 is 1.21 bits per heavy atom. The highest BCUT2D eigenvalue weighted by molar-refractivity contribution is 7.97. The highest BCUT2D eigenvalue weighted by Crippen LogP contribution is 2.42. The van der Waals surface area contributed by atoms with Gasteiger partial charge >= 0.3 is 0 Å². The van der Waals surface area contributed by atoms with Crippen molar-refractivity contribution in [1.29, 1.82) is 0 Å². The SMILES string of the molecule is [B]C1([C@@H](CC)Nc2c(Nc3ccc(Cl)c(SNC4CCCC4)c3O)c(=O)c2=O)CC[C@@]([B])(C)O1. The first-order valence-corrected chi connectivity index (χ1v) is 12.8. The van der Waals surface area contributed by atoms with Crippen LogP contribution in [-0.4, -0.2) is 43.9 Å². The molecule has 0 bridgehead atoms. The van der Waals surface area contributed by atoms with E-state index in [0.29, 0.717) is 35.2 Å². The van der Waals surface area contributed by atoms with Crippen LogP contribution in [0.25, 0.3) is 0 Å². The summed E-state index contributed by atoms with van der Waals surface area (Å²) in [6.07, 6.45) is 6.15. The van der Waals surface area contributed by atoms with E-state index >= 15 is 0 Å². The summed E-state index contributed by atoms with van der Waals surface area (Å²) in [5.41, 5.74) is -2.79. The Kier molecular flexibility index (Phi) is 7.34. The van der Waals surface area contributed by atoms with Gasteiger partial charge in [0.1, 0.15) is 27.1 Å². The van der Waals surface area contributed by atoms with E-state index in [1.807, 2.05) is 6.92 Å². The fourth-order valence-corrected chi connectivity index (χ4v) is 5.84. The minimum atomic E-state index is -1.08. The van der Waals surface area contributed by atoms with E-state index in [0.717, 1.165) is 12.8 Å². The standard InChI is InChI=1S/C23H28B2ClN3O4S/c1-3-15(23(25)11-10-22(2,24)33-23)28-17-16(19(31)20(17)32)27-14-9-8-13(26)21(18(14)30)34-29-12-6-4-5-7-12/h8-9,12,15,27-30H,3-7,10-11H2,1-2H3/t15-,22-,23?/m1/s1. The lowest BCUT2D eigenvalue weighted by Gasteiger charge is -2.37. The summed E-state index contributed by atoms with van der Waals surface area (Å²) in [5.74, 6) is -0.0950. The topological polar surface area (TPSA) is 99.7 Å². The highest BCUT2D eigenvalue weighted by atomic mass is 35.5. The third-order valence-corrected chi connectivity index (χ3v) is 8.18. The van der Waals surface area contributed by atoms with Gasteiger partial charge in [-0.25, -0.2) is 0 Å². The largest absolute Gasteiger partial charge is 0.505 e. The first-order chi connectivity index (χ1) is 16.0. The van der Waals surface area contributed by atoms with E-state index in [9.17, 15) is 14.7 Å². The summed E-state index contributed by atoms with van der Waals surface area (Å²) in [4.78, 5) is 25.3. The summed E-state index contributed by atoms with van der Waals surface area (Å²) in [5, 5.41) is 17.2. The Labute approximate surface area is 211 Å². The average Bonchev–Trinajstić information content (AvgIpc) is 3.41. The maximum absolute atomic E-state index is 12.4. The van der Waals surface area contributed by atoms with Crippen LogP contribution in [0.15, 0.2) is 26.6 Å². The zero-order chi connectivity index (χ0) is 24.7. The van der Waals surface area contributed by atoms with Crippen molar-refractivity contribution in [3.05, 3.63) is 37.6 Å². The molecule has 4 rings (SSSR count). The fourth-order valence-electron chi connectivity index (χ4n) is 4.68. The molecule has 1 aliphatic carbocycles. The highest BCUT2D eigenvalue weighted by Gasteiger charge is 2.45. The van der Waals surface area contributed by atoms with Gasteiger partial charge in [0.25, 0.3) is 10.9 Å². The summed E-state index contributed by atoms with van der Waals surface area (Å²) in [6, 6.07) is 3.13. The maximum atomic E-state index is 12.4. The number of anilines is 3. The number of hydrogen-bond acceptors (Lipinski definition) is 8. The number of nitrogens with one attached hydrogen (secondary N) is 3. The fraction of sp³-hybridized carbons (Fsp3) is 0.565. The average molecular weight is 500 g/mol. The maximum Gasteiger partial charge on any atom is 0.253 e. The Morgan fingerprint density at radius 2 is 1.88 bits per heavy atom. The zero-order valence-electron chi connectivity index (χ0n) is 19.4. The Morgan fingerprint density at radius 3 is 2.50 bits per heavy atom. The molecule has 0 spiro atoms. The lowest BCUT2D eigenvalue weighted by atomic mass is 9.71. The molecule has 3 atom stereocenters. The first kappa shape index (κ1) is 25.5. The van der Waals surface area contributed by atoms with Gasteiger partial charge in [-0.3, -0.25) is 14.3 Å². The molecular weight excluding hydrogens is 471 g/mol. The quantitative estimate of drug-likeness (QED) is 0.180. The van der Waals surface area contributed by atoms with Gasteiger partial charge in [-0.1, -0.05) is 31.4 Å². The minimum Gasteiger partial charge on any atom is -0.505 e. The van der Waals surface area contributed by atoms with Crippen molar-refractivity contribution in [2.75, 3.05) is 10.6 Å². The second-order valence-corrected chi connectivity index (χ2v) is 10.7. The molecule has 7 nitrogen and oxygen atoms in total. The molecule has 0 amide bonds. The molecule has 34 heavy (non-hydrogen) atoms. The Bertz CT molecular complexity index is 1130. The summed E-state index contributed by atoms with van der Waals surface area (Å²) in [7, 11) is 12.6. The molecule has 1 saturated heterocycles. The van der Waals surface area contributed by atoms with E-state index < -0.39 is 27.9 Å². The molecule has 1 saturated carbocycles. The predicted molar refractivity (Wildman–Crippen MR) is 140 cm³/mol. The van der Waals surface area contributed by atoms with Crippen molar-refractivity contribution >= 4 is 56.3 Å². The van der Waals surface area contributed by atoms with Crippen LogP contribution < -0.4 is 26.2 Å². The molecule has 1 unspecified atom stereocenters. The number of benzene rings is 1. The predicted octanol–water partition coefficient (Wildman–Crippen LogP) is 3.67. The van der Waals surface area contributed by atoms with Crippen LogP contribution in [0.3, 0.4) is 0 Å². The van der Waals surface area contributed by atoms with E-state index in [1.54, 1.807) is 19.1 Å². The number of halogens is 1. The summed E-state index contributed by atoms with van der Waals surface area (Å²) >= 11 is 7.59. The lowest BCUT2D eigenvalue weighted by molar-refractivity contribution is -0.0115. The van der Waals surface area contributed by atoms with E-state index in [1.165, 1.54) is 24.8 Å². The van der Waals surface area contributed by atoms with E-state index in [2.05, 4.69) is 15.4 Å². The van der Waals surface area contributed by atoms with Crippen LogP contribution in [0.5, 0.6) is 5.75 Å². The third kappa shape index (κ3) is 5.01. The third-order valence-electron chi connectivity index (χ3n) is 6.69. The molecule has 11 heteroatoms. The van der Waals surface area contributed by atoms with E-state index in [4.69, 9.17) is 32.0 Å². The second-order valence-electron chi connectivity index (χ2n) is 9.48. The molecule has 1 heterocycles. The molecule has 2 fully saturated rings. The van der Waals surface area contributed by atoms with Crippen LogP contribution in [-0.2, 0) is 4.74 Å². The van der Waals surface area contributed by atoms with Crippen molar-refractivity contribution in [2.45, 2.75) is 86.8 Å². The van der Waals surface area contributed by atoms with Gasteiger partial charge in [-0.15, -0.1) is 0 Å². The van der Waals surface area contributed by atoms with Crippen LogP contribution >= 0.6 is 23.5 Å². The monoisotopic (exact) mass is 499 g/mol. The molecule has 2 aliphatic rings. The van der Waals surface area contributed by atoms with E-state index in [-0.39, 0.29) is 22.8 Å². The van der Waals surface area contributed by atoms with Gasteiger partial charge < -0.3 is 20.5 Å². The molecule has 4 N–H and O–H groups in total. The Balaban J connectivity index is 1.53. The van der Waals surface area contributed by atoms with Gasteiger partial charge in [0.15, 0.2) is 5.75 Å². The first-order valence-electron chi connectivity index (χ1n) is 11.6.